The first-order chi connectivity index (χ1) is 15.4. The zero-order valence-electron chi connectivity index (χ0n) is 17.3. The van der Waals surface area contributed by atoms with Crippen LogP contribution in [0.25, 0.3) is 11.4 Å². The van der Waals surface area contributed by atoms with Gasteiger partial charge in [-0.2, -0.15) is 0 Å². The number of thioether (sulfide) groups is 1. The number of amides is 1. The zero-order valence-corrected chi connectivity index (χ0v) is 18.9. The Morgan fingerprint density at radius 2 is 1.78 bits per heavy atom. The Morgan fingerprint density at radius 1 is 1.09 bits per heavy atom. The lowest BCUT2D eigenvalue weighted by atomic mass is 10.2. The summed E-state index contributed by atoms with van der Waals surface area (Å²) in [6.07, 6.45) is 0. The fourth-order valence-corrected chi connectivity index (χ4v) is 4.53. The van der Waals surface area contributed by atoms with Crippen LogP contribution in [0.1, 0.15) is 0 Å². The fourth-order valence-electron chi connectivity index (χ4n) is 3.59. The summed E-state index contributed by atoms with van der Waals surface area (Å²) in [5, 5.41) is 21.0. The molecule has 0 atom stereocenters. The molecule has 0 spiro atoms. The lowest BCUT2D eigenvalue weighted by Crippen LogP contribution is -2.49. The monoisotopic (exact) mass is 472 g/mol. The molecule has 1 aliphatic heterocycles. The van der Waals surface area contributed by atoms with Crippen LogP contribution in [-0.4, -0.2) is 62.4 Å². The van der Waals surface area contributed by atoms with Crippen LogP contribution in [0.3, 0.4) is 0 Å². The van der Waals surface area contributed by atoms with E-state index in [9.17, 15) is 14.9 Å². The fraction of sp³-hybridized carbons (Fsp3) is 0.286. The molecule has 166 valence electrons. The van der Waals surface area contributed by atoms with E-state index in [2.05, 4.69) is 10.2 Å². The predicted molar refractivity (Wildman–Crippen MR) is 124 cm³/mol. The van der Waals surface area contributed by atoms with Gasteiger partial charge in [-0.25, -0.2) is 0 Å². The summed E-state index contributed by atoms with van der Waals surface area (Å²) in [6.45, 7) is 2.12. The van der Waals surface area contributed by atoms with E-state index < -0.39 is 0 Å². The molecule has 11 heteroatoms. The third-order valence-corrected chi connectivity index (χ3v) is 6.57. The molecule has 0 unspecified atom stereocenters. The minimum absolute atomic E-state index is 0.00764. The van der Waals surface area contributed by atoms with Gasteiger partial charge in [-0.1, -0.05) is 35.5 Å². The van der Waals surface area contributed by atoms with Crippen LogP contribution in [-0.2, 0) is 11.8 Å². The average molecular weight is 473 g/mol. The predicted octanol–water partition coefficient (Wildman–Crippen LogP) is 3.48. The minimum atomic E-state index is -0.372. The molecule has 32 heavy (non-hydrogen) atoms. The van der Waals surface area contributed by atoms with Crippen molar-refractivity contribution in [2.45, 2.75) is 5.16 Å². The van der Waals surface area contributed by atoms with Crippen molar-refractivity contribution in [2.75, 3.05) is 36.8 Å². The highest BCUT2D eigenvalue weighted by atomic mass is 35.5. The van der Waals surface area contributed by atoms with Crippen molar-refractivity contribution in [3.8, 4) is 11.4 Å². The summed E-state index contributed by atoms with van der Waals surface area (Å²) in [7, 11) is 1.86. The van der Waals surface area contributed by atoms with Crippen molar-refractivity contribution >= 4 is 40.6 Å². The number of nitro benzene ring substituents is 1. The summed E-state index contributed by atoms with van der Waals surface area (Å²) in [4.78, 5) is 27.4. The number of rotatable bonds is 6. The molecule has 3 aromatic rings. The Labute approximate surface area is 194 Å². The summed E-state index contributed by atoms with van der Waals surface area (Å²) in [5.74, 6) is 0.959. The number of para-hydroxylation sites is 2. The van der Waals surface area contributed by atoms with Crippen molar-refractivity contribution < 1.29 is 9.72 Å². The molecule has 0 bridgehead atoms. The molecular weight excluding hydrogens is 452 g/mol. The van der Waals surface area contributed by atoms with Gasteiger partial charge in [0.1, 0.15) is 5.69 Å². The number of nitrogens with zero attached hydrogens (tertiary/aromatic N) is 6. The molecule has 1 aromatic heterocycles. The molecule has 2 aromatic carbocycles. The molecule has 0 radical (unpaired) electrons. The van der Waals surface area contributed by atoms with Crippen molar-refractivity contribution in [3.63, 3.8) is 0 Å². The van der Waals surface area contributed by atoms with Gasteiger partial charge in [-0.15, -0.1) is 10.2 Å². The highest BCUT2D eigenvalue weighted by Crippen LogP contribution is 2.29. The quantitative estimate of drug-likeness (QED) is 0.307. The van der Waals surface area contributed by atoms with Crippen molar-refractivity contribution in [2.24, 2.45) is 7.05 Å². The Morgan fingerprint density at radius 3 is 2.47 bits per heavy atom. The highest BCUT2D eigenvalue weighted by Gasteiger charge is 2.25. The number of hydrogen-bond donors (Lipinski definition) is 0. The van der Waals surface area contributed by atoms with Crippen LogP contribution in [0.2, 0.25) is 5.02 Å². The molecule has 1 amide bonds. The van der Waals surface area contributed by atoms with E-state index in [1.807, 2.05) is 28.6 Å². The first kappa shape index (κ1) is 22.1. The molecule has 4 rings (SSSR count). The first-order valence-electron chi connectivity index (χ1n) is 9.98. The molecule has 1 aliphatic rings. The van der Waals surface area contributed by atoms with E-state index in [-0.39, 0.29) is 22.3 Å². The Kier molecular flexibility index (Phi) is 6.61. The molecular formula is C21H21ClN6O3S. The third-order valence-electron chi connectivity index (χ3n) is 5.31. The van der Waals surface area contributed by atoms with Crippen LogP contribution in [0.5, 0.6) is 0 Å². The third kappa shape index (κ3) is 4.71. The Hall–Kier alpha value is -3.11. The van der Waals surface area contributed by atoms with E-state index in [1.54, 1.807) is 35.2 Å². The number of benzene rings is 2. The number of anilines is 1. The van der Waals surface area contributed by atoms with Crippen LogP contribution >= 0.6 is 23.4 Å². The van der Waals surface area contributed by atoms with Crippen LogP contribution in [0.15, 0.2) is 53.7 Å². The Balaban J connectivity index is 1.33. The number of nitro groups is 1. The van der Waals surface area contributed by atoms with E-state index in [0.29, 0.717) is 47.9 Å². The topological polar surface area (TPSA) is 97.4 Å². The lowest BCUT2D eigenvalue weighted by Gasteiger charge is -2.35. The number of aromatic nitrogens is 3. The first-order valence-corrected chi connectivity index (χ1v) is 11.3. The van der Waals surface area contributed by atoms with Gasteiger partial charge in [0, 0.05) is 49.9 Å². The number of piperazine rings is 1. The zero-order chi connectivity index (χ0) is 22.7. The van der Waals surface area contributed by atoms with Crippen molar-refractivity contribution in [1.29, 1.82) is 0 Å². The van der Waals surface area contributed by atoms with Crippen LogP contribution in [0, 0.1) is 10.1 Å². The molecule has 1 fully saturated rings. The number of carbonyl (C=O) groups is 1. The van der Waals surface area contributed by atoms with Crippen molar-refractivity contribution in [1.82, 2.24) is 19.7 Å². The maximum absolute atomic E-state index is 12.7. The molecule has 2 heterocycles. The second kappa shape index (κ2) is 9.58. The van der Waals surface area contributed by atoms with E-state index in [4.69, 9.17) is 11.6 Å². The van der Waals surface area contributed by atoms with Gasteiger partial charge < -0.3 is 14.4 Å². The minimum Gasteiger partial charge on any atom is -0.362 e. The molecule has 0 aliphatic carbocycles. The molecule has 0 saturated carbocycles. The summed E-state index contributed by atoms with van der Waals surface area (Å²) in [6, 6.07) is 14.0. The molecule has 9 nitrogen and oxygen atoms in total. The summed E-state index contributed by atoms with van der Waals surface area (Å²) in [5.41, 5.74) is 1.57. The highest BCUT2D eigenvalue weighted by molar-refractivity contribution is 7.99. The van der Waals surface area contributed by atoms with E-state index >= 15 is 0 Å². The number of hydrogen-bond acceptors (Lipinski definition) is 7. The summed E-state index contributed by atoms with van der Waals surface area (Å²) < 4.78 is 1.85. The van der Waals surface area contributed by atoms with E-state index in [0.717, 1.165) is 5.56 Å². The van der Waals surface area contributed by atoms with Crippen LogP contribution < -0.4 is 4.90 Å². The van der Waals surface area contributed by atoms with Gasteiger partial charge in [0.15, 0.2) is 11.0 Å². The summed E-state index contributed by atoms with van der Waals surface area (Å²) >= 11 is 7.29. The smallest absolute Gasteiger partial charge is 0.292 e. The molecule has 1 saturated heterocycles. The van der Waals surface area contributed by atoms with E-state index in [1.165, 1.54) is 17.8 Å². The lowest BCUT2D eigenvalue weighted by molar-refractivity contribution is -0.384. The second-order valence-electron chi connectivity index (χ2n) is 7.27. The second-order valence-corrected chi connectivity index (χ2v) is 8.65. The van der Waals surface area contributed by atoms with Gasteiger partial charge >= 0.3 is 0 Å². The maximum atomic E-state index is 12.7. The van der Waals surface area contributed by atoms with Gasteiger partial charge in [0.05, 0.1) is 10.7 Å². The number of halogens is 1. The van der Waals surface area contributed by atoms with Gasteiger partial charge in [-0.3, -0.25) is 14.9 Å². The molecule has 0 N–H and O–H groups in total. The van der Waals surface area contributed by atoms with Crippen molar-refractivity contribution in [3.05, 3.63) is 63.7 Å². The van der Waals surface area contributed by atoms with Crippen LogP contribution in [0.4, 0.5) is 11.4 Å². The van der Waals surface area contributed by atoms with Gasteiger partial charge in [-0.05, 0) is 30.3 Å². The average Bonchev–Trinajstić information content (AvgIpc) is 3.18. The number of carbonyl (C=O) groups excluding carboxylic acids is 1. The standard InChI is InChI=1S/C21H21ClN6O3S/c1-25-20(15-6-8-16(22)9-7-15)23-24-21(25)32-14-19(29)27-12-10-26(11-13-27)17-4-2-3-5-18(17)28(30)31/h2-9H,10-14H2,1H3. The van der Waals surface area contributed by atoms with Gasteiger partial charge in [0.2, 0.25) is 5.91 Å². The largest absolute Gasteiger partial charge is 0.362 e. The van der Waals surface area contributed by atoms with Gasteiger partial charge in [0.25, 0.3) is 5.69 Å². The normalized spacial score (nSPS) is 13.9. The SMILES string of the molecule is Cn1c(SCC(=O)N2CCN(c3ccccc3[N+](=O)[O-])CC2)nnc1-c1ccc(Cl)cc1. The maximum Gasteiger partial charge on any atom is 0.292 e. The Bertz CT molecular complexity index is 1130.